The minimum Gasteiger partial charge on any atom is -0.359 e. The predicted octanol–water partition coefficient (Wildman–Crippen LogP) is 13.1. The molecule has 0 radical (unpaired) electrons. The molecule has 1 N–H and O–H groups in total. The summed E-state index contributed by atoms with van der Waals surface area (Å²) in [6, 6.07) is 70.2. The van der Waals surface area contributed by atoms with E-state index in [-0.39, 0.29) is 6.17 Å². The van der Waals surface area contributed by atoms with Crippen LogP contribution in [-0.4, -0.2) is 14.8 Å². The topological polar surface area (TPSA) is 34.2 Å². The van der Waals surface area contributed by atoms with Gasteiger partial charge in [-0.1, -0.05) is 146 Å². The van der Waals surface area contributed by atoms with Gasteiger partial charge in [-0.15, -0.1) is 0 Å². The van der Waals surface area contributed by atoms with E-state index in [1.165, 1.54) is 65.2 Å². The van der Waals surface area contributed by atoms with Crippen molar-refractivity contribution < 1.29 is 0 Å². The second-order valence-electron chi connectivity index (χ2n) is 14.8. The lowest BCUT2D eigenvalue weighted by Crippen LogP contribution is -2.21. The van der Waals surface area contributed by atoms with E-state index < -0.39 is 0 Å². The van der Waals surface area contributed by atoms with Crippen LogP contribution in [0, 0.1) is 0 Å². The zero-order chi connectivity index (χ0) is 36.7. The molecular formula is C52H34N4. The Morgan fingerprint density at radius 1 is 0.375 bits per heavy atom. The van der Waals surface area contributed by atoms with Gasteiger partial charge in [-0.05, 0) is 70.3 Å². The molecule has 0 aliphatic carbocycles. The number of nitrogens with zero attached hydrogens (tertiary/aromatic N) is 3. The highest BCUT2D eigenvalue weighted by molar-refractivity contribution is 6.24. The van der Waals surface area contributed by atoms with Gasteiger partial charge >= 0.3 is 0 Å². The first kappa shape index (κ1) is 31.0. The van der Waals surface area contributed by atoms with Crippen LogP contribution in [0.2, 0.25) is 0 Å². The van der Waals surface area contributed by atoms with E-state index in [0.29, 0.717) is 0 Å². The Hall–Kier alpha value is -7.43. The van der Waals surface area contributed by atoms with E-state index in [2.05, 4.69) is 209 Å². The Balaban J connectivity index is 1.04. The van der Waals surface area contributed by atoms with Gasteiger partial charge in [0, 0.05) is 49.4 Å². The molecule has 0 amide bonds. The summed E-state index contributed by atoms with van der Waals surface area (Å²) >= 11 is 0. The van der Waals surface area contributed by atoms with E-state index in [9.17, 15) is 0 Å². The molecule has 12 rings (SSSR count). The Kier molecular flexibility index (Phi) is 6.66. The van der Waals surface area contributed by atoms with Crippen molar-refractivity contribution in [1.82, 2.24) is 9.13 Å². The first-order valence-electron chi connectivity index (χ1n) is 19.3. The van der Waals surface area contributed by atoms with E-state index in [0.717, 1.165) is 39.5 Å². The maximum Gasteiger partial charge on any atom is 0.145 e. The first-order chi connectivity index (χ1) is 27.8. The Labute approximate surface area is 323 Å². The van der Waals surface area contributed by atoms with Gasteiger partial charge in [-0.25, -0.2) is 0 Å². The van der Waals surface area contributed by atoms with Crippen LogP contribution in [0.15, 0.2) is 199 Å². The summed E-state index contributed by atoms with van der Waals surface area (Å²) in [5.41, 5.74) is 12.5. The summed E-state index contributed by atoms with van der Waals surface area (Å²) < 4.78 is 4.81. The zero-order valence-electron chi connectivity index (χ0n) is 30.4. The third-order valence-electron chi connectivity index (χ3n) is 11.7. The molecule has 4 heteroatoms. The van der Waals surface area contributed by atoms with Crippen molar-refractivity contribution >= 4 is 76.6 Å². The van der Waals surface area contributed by atoms with Crippen molar-refractivity contribution in [2.45, 2.75) is 6.17 Å². The van der Waals surface area contributed by atoms with Crippen LogP contribution in [0.5, 0.6) is 0 Å². The maximum atomic E-state index is 5.55. The number of benzene rings is 9. The molecule has 1 aliphatic rings. The largest absolute Gasteiger partial charge is 0.359 e. The molecule has 1 atom stereocenters. The van der Waals surface area contributed by atoms with E-state index in [1.54, 1.807) is 0 Å². The summed E-state index contributed by atoms with van der Waals surface area (Å²) in [5.74, 6) is 0. The van der Waals surface area contributed by atoms with Crippen molar-refractivity contribution in [1.29, 1.82) is 0 Å². The van der Waals surface area contributed by atoms with Crippen LogP contribution < -0.4 is 5.32 Å². The van der Waals surface area contributed by atoms with Gasteiger partial charge in [0.2, 0.25) is 0 Å². The van der Waals surface area contributed by atoms with Crippen LogP contribution >= 0.6 is 0 Å². The molecule has 0 saturated heterocycles. The smallest absolute Gasteiger partial charge is 0.145 e. The van der Waals surface area contributed by atoms with Gasteiger partial charge in [0.15, 0.2) is 0 Å². The van der Waals surface area contributed by atoms with Crippen LogP contribution in [0.4, 0.5) is 5.69 Å². The SMILES string of the molecule is c1cc(C2N=C(c3cccc4ccccc34)c3ccc4ccccc4c3N2)cc(-n2c3ccccc3c3cc(-n4c5ccccc5c5ccccc54)ccc32)c1. The number of aromatic nitrogens is 2. The lowest BCUT2D eigenvalue weighted by atomic mass is 9.91. The van der Waals surface area contributed by atoms with Crippen LogP contribution in [-0.2, 0) is 0 Å². The summed E-state index contributed by atoms with van der Waals surface area (Å²) in [7, 11) is 0. The van der Waals surface area contributed by atoms with Gasteiger partial charge in [0.25, 0.3) is 0 Å². The summed E-state index contributed by atoms with van der Waals surface area (Å²) in [5, 5.41) is 13.7. The standard InChI is InChI=1S/C52H34N4/c1-3-18-38-33(13-1)15-12-23-43(38)51-44-29-27-34-14-2-4-19-39(34)50(44)53-52(54-51)35-16-11-17-36(31-35)55-48-26-10-7-22-42(48)45-32-37(28-30-49(45)55)56-46-24-8-5-20-40(46)41-21-6-9-25-47(41)56/h1-32,52-53H. The molecule has 1 aliphatic heterocycles. The fourth-order valence-corrected chi connectivity index (χ4v) is 9.21. The quantitative estimate of drug-likeness (QED) is 0.193. The normalized spacial score (nSPS) is 14.1. The van der Waals surface area contributed by atoms with Gasteiger partial charge in [0.1, 0.15) is 6.17 Å². The van der Waals surface area contributed by atoms with Crippen molar-refractivity contribution in [2.75, 3.05) is 5.32 Å². The molecule has 0 bridgehead atoms. The van der Waals surface area contributed by atoms with Gasteiger partial charge < -0.3 is 14.5 Å². The number of hydrogen-bond acceptors (Lipinski definition) is 2. The lowest BCUT2D eigenvalue weighted by molar-refractivity contribution is 0.829. The fourth-order valence-electron chi connectivity index (χ4n) is 9.21. The number of para-hydroxylation sites is 3. The van der Waals surface area contributed by atoms with Crippen molar-refractivity contribution in [2.24, 2.45) is 4.99 Å². The molecule has 9 aromatic carbocycles. The number of rotatable bonds is 4. The van der Waals surface area contributed by atoms with Gasteiger partial charge in [-0.3, -0.25) is 4.99 Å². The molecule has 56 heavy (non-hydrogen) atoms. The molecule has 1 unspecified atom stereocenters. The Morgan fingerprint density at radius 3 is 1.62 bits per heavy atom. The second kappa shape index (κ2) is 12.0. The number of fused-ring (bicyclic) bond motifs is 10. The molecular weight excluding hydrogens is 681 g/mol. The monoisotopic (exact) mass is 714 g/mol. The number of hydrogen-bond donors (Lipinski definition) is 1. The molecule has 0 spiro atoms. The molecule has 0 saturated carbocycles. The summed E-state index contributed by atoms with van der Waals surface area (Å²) in [6.07, 6.45) is -0.294. The highest BCUT2D eigenvalue weighted by atomic mass is 15.1. The number of aliphatic imine (C=N–C) groups is 1. The van der Waals surface area contributed by atoms with Crippen LogP contribution in [0.25, 0.3) is 76.5 Å². The molecule has 262 valence electrons. The third kappa shape index (κ3) is 4.56. The highest BCUT2D eigenvalue weighted by Gasteiger charge is 2.26. The number of anilines is 1. The summed E-state index contributed by atoms with van der Waals surface area (Å²) in [4.78, 5) is 5.55. The van der Waals surface area contributed by atoms with Crippen molar-refractivity contribution in [3.63, 3.8) is 0 Å². The van der Waals surface area contributed by atoms with E-state index in [1.807, 2.05) is 0 Å². The first-order valence-corrected chi connectivity index (χ1v) is 19.3. The van der Waals surface area contributed by atoms with Gasteiger partial charge in [0.05, 0.1) is 33.5 Å². The maximum absolute atomic E-state index is 5.55. The zero-order valence-corrected chi connectivity index (χ0v) is 30.4. The molecule has 11 aromatic rings. The Morgan fingerprint density at radius 2 is 0.911 bits per heavy atom. The molecule has 4 nitrogen and oxygen atoms in total. The van der Waals surface area contributed by atoms with Crippen LogP contribution in [0.3, 0.4) is 0 Å². The predicted molar refractivity (Wildman–Crippen MR) is 235 cm³/mol. The van der Waals surface area contributed by atoms with Crippen LogP contribution in [0.1, 0.15) is 22.9 Å². The molecule has 0 fully saturated rings. The minimum absolute atomic E-state index is 0.294. The van der Waals surface area contributed by atoms with E-state index in [4.69, 9.17) is 4.99 Å². The second-order valence-corrected chi connectivity index (χ2v) is 14.8. The van der Waals surface area contributed by atoms with Crippen molar-refractivity contribution in [3.8, 4) is 11.4 Å². The third-order valence-corrected chi connectivity index (χ3v) is 11.7. The van der Waals surface area contributed by atoms with Gasteiger partial charge in [-0.2, -0.15) is 0 Å². The highest BCUT2D eigenvalue weighted by Crippen LogP contribution is 2.41. The van der Waals surface area contributed by atoms with Crippen molar-refractivity contribution in [3.05, 3.63) is 211 Å². The number of nitrogens with one attached hydrogen (secondary N) is 1. The fraction of sp³-hybridized carbons (Fsp3) is 0.0192. The molecule has 2 aromatic heterocycles. The average Bonchev–Trinajstić information content (AvgIpc) is 3.78. The Bertz CT molecular complexity index is 3360. The molecule has 3 heterocycles. The minimum atomic E-state index is -0.294. The lowest BCUT2D eigenvalue weighted by Gasteiger charge is -2.28. The average molecular weight is 715 g/mol. The summed E-state index contributed by atoms with van der Waals surface area (Å²) in [6.45, 7) is 0. The van der Waals surface area contributed by atoms with E-state index >= 15 is 0 Å².